The highest BCUT2D eigenvalue weighted by atomic mass is 32.2. The average molecular weight is 467 g/mol. The first-order chi connectivity index (χ1) is 15.9. The second-order valence-corrected chi connectivity index (χ2v) is 9.58. The predicted octanol–water partition coefficient (Wildman–Crippen LogP) is 5.09. The highest BCUT2D eigenvalue weighted by molar-refractivity contribution is 7.89. The maximum absolute atomic E-state index is 12.7. The van der Waals surface area contributed by atoms with Crippen LogP contribution >= 0.6 is 0 Å². The summed E-state index contributed by atoms with van der Waals surface area (Å²) in [7, 11) is -3.69. The largest absolute Gasteiger partial charge is 0.484 e. The minimum absolute atomic E-state index is 0.130. The minimum Gasteiger partial charge on any atom is -0.484 e. The van der Waals surface area contributed by atoms with E-state index < -0.39 is 10.0 Å². The third-order valence-electron chi connectivity index (χ3n) is 5.19. The number of aryl methyl sites for hydroxylation is 1. The van der Waals surface area contributed by atoms with Crippen molar-refractivity contribution in [3.8, 4) is 5.75 Å². The maximum atomic E-state index is 12.7. The molecule has 6 nitrogen and oxygen atoms in total. The Bertz CT molecular complexity index is 1130. The normalized spacial score (nSPS) is 12.2. The van der Waals surface area contributed by atoms with Gasteiger partial charge in [0, 0.05) is 11.7 Å². The number of benzene rings is 3. The summed E-state index contributed by atoms with van der Waals surface area (Å²) < 4.78 is 33.5. The van der Waals surface area contributed by atoms with E-state index in [1.165, 1.54) is 29.8 Å². The molecular weight excluding hydrogens is 436 g/mol. The average Bonchev–Trinajstić information content (AvgIpc) is 2.83. The third kappa shape index (κ3) is 7.44. The van der Waals surface area contributed by atoms with Gasteiger partial charge in [-0.3, -0.25) is 4.79 Å². The van der Waals surface area contributed by atoms with Crippen LogP contribution in [0.15, 0.2) is 83.8 Å². The third-order valence-corrected chi connectivity index (χ3v) is 6.75. The summed E-state index contributed by atoms with van der Waals surface area (Å²) in [6.07, 6.45) is 3.31. The van der Waals surface area contributed by atoms with Gasteiger partial charge in [0.2, 0.25) is 10.0 Å². The molecule has 0 spiro atoms. The zero-order valence-electron chi connectivity index (χ0n) is 19.0. The fourth-order valence-corrected chi connectivity index (χ4v) is 4.54. The van der Waals surface area contributed by atoms with Crippen LogP contribution < -0.4 is 14.8 Å². The van der Waals surface area contributed by atoms with Crippen molar-refractivity contribution in [2.24, 2.45) is 0 Å². The molecule has 0 aliphatic carbocycles. The van der Waals surface area contributed by atoms with E-state index in [4.69, 9.17) is 4.74 Å². The van der Waals surface area contributed by atoms with Gasteiger partial charge in [-0.2, -0.15) is 0 Å². The zero-order valence-corrected chi connectivity index (χ0v) is 19.8. The zero-order chi connectivity index (χ0) is 23.7. The Labute approximate surface area is 196 Å². The molecule has 0 aliphatic rings. The van der Waals surface area contributed by atoms with Gasteiger partial charge >= 0.3 is 0 Å². The van der Waals surface area contributed by atoms with Crippen molar-refractivity contribution in [3.05, 3.63) is 90.0 Å². The van der Waals surface area contributed by atoms with E-state index in [0.717, 1.165) is 24.8 Å². The van der Waals surface area contributed by atoms with Crippen LogP contribution in [0.25, 0.3) is 0 Å². The highest BCUT2D eigenvalue weighted by Crippen LogP contribution is 2.20. The van der Waals surface area contributed by atoms with Crippen LogP contribution in [0.2, 0.25) is 0 Å². The molecule has 0 fully saturated rings. The van der Waals surface area contributed by atoms with Gasteiger partial charge in [0.15, 0.2) is 6.61 Å². The molecule has 0 aromatic heterocycles. The summed E-state index contributed by atoms with van der Waals surface area (Å²) >= 11 is 0. The topological polar surface area (TPSA) is 84.5 Å². The van der Waals surface area contributed by atoms with Crippen molar-refractivity contribution in [1.82, 2.24) is 4.72 Å². The smallest absolute Gasteiger partial charge is 0.262 e. The van der Waals surface area contributed by atoms with E-state index in [0.29, 0.717) is 11.4 Å². The molecule has 7 heteroatoms. The summed E-state index contributed by atoms with van der Waals surface area (Å²) in [4.78, 5) is 12.3. The van der Waals surface area contributed by atoms with Crippen LogP contribution in [-0.4, -0.2) is 20.9 Å². The Balaban J connectivity index is 1.51. The van der Waals surface area contributed by atoms with Crippen LogP contribution in [-0.2, 0) is 21.2 Å². The van der Waals surface area contributed by atoms with Crippen molar-refractivity contribution < 1.29 is 17.9 Å². The van der Waals surface area contributed by atoms with Crippen LogP contribution in [0.1, 0.15) is 43.9 Å². The number of rotatable bonds is 11. The number of hydrogen-bond donors (Lipinski definition) is 2. The van der Waals surface area contributed by atoms with Gasteiger partial charge in [0.1, 0.15) is 5.75 Å². The fraction of sp³-hybridized carbons (Fsp3) is 0.269. The molecule has 0 bridgehead atoms. The molecule has 0 unspecified atom stereocenters. The minimum atomic E-state index is -3.69. The van der Waals surface area contributed by atoms with E-state index in [9.17, 15) is 13.2 Å². The molecule has 33 heavy (non-hydrogen) atoms. The molecule has 3 rings (SSSR count). The van der Waals surface area contributed by atoms with E-state index in [-0.39, 0.29) is 23.5 Å². The molecule has 3 aromatic rings. The molecule has 1 atom stereocenters. The predicted molar refractivity (Wildman–Crippen MR) is 131 cm³/mol. The summed E-state index contributed by atoms with van der Waals surface area (Å²) in [5.74, 6) is 0.126. The number of carbonyl (C=O) groups is 1. The van der Waals surface area contributed by atoms with Gasteiger partial charge in [-0.1, -0.05) is 55.8 Å². The number of nitrogens with one attached hydrogen (secondary N) is 2. The lowest BCUT2D eigenvalue weighted by molar-refractivity contribution is -0.118. The van der Waals surface area contributed by atoms with Gasteiger partial charge < -0.3 is 10.1 Å². The lowest BCUT2D eigenvalue weighted by Crippen LogP contribution is -2.26. The Morgan fingerprint density at radius 1 is 0.939 bits per heavy atom. The van der Waals surface area contributed by atoms with Crippen molar-refractivity contribution in [1.29, 1.82) is 0 Å². The monoisotopic (exact) mass is 466 g/mol. The first kappa shape index (κ1) is 24.5. The van der Waals surface area contributed by atoms with Gasteiger partial charge in [0.25, 0.3) is 5.91 Å². The number of ether oxygens (including phenoxy) is 1. The van der Waals surface area contributed by atoms with E-state index in [1.807, 2.05) is 54.6 Å². The Hall–Kier alpha value is -3.16. The van der Waals surface area contributed by atoms with Crippen molar-refractivity contribution in [3.63, 3.8) is 0 Å². The van der Waals surface area contributed by atoms with Gasteiger partial charge in [-0.25, -0.2) is 13.1 Å². The molecule has 0 aliphatic heterocycles. The van der Waals surface area contributed by atoms with Crippen LogP contribution in [0.4, 0.5) is 5.69 Å². The summed E-state index contributed by atoms with van der Waals surface area (Å²) in [6.45, 7) is 3.78. The standard InChI is InChI=1S/C26H30N2O4S/c1-3-4-8-21-11-13-23(14-12-21)27-26(29)19-32-24-15-17-25(18-16-24)33(30,31)28-20(2)22-9-6-5-7-10-22/h5-7,9-18,20,28H,3-4,8,19H2,1-2H3,(H,27,29)/t20-/m1/s1. The SMILES string of the molecule is CCCCc1ccc(NC(=O)COc2ccc(S(=O)(=O)N[C@H](C)c3ccccc3)cc2)cc1. The molecule has 1 amide bonds. The quantitative estimate of drug-likeness (QED) is 0.412. The molecule has 0 saturated heterocycles. The first-order valence-electron chi connectivity index (χ1n) is 11.1. The second kappa shape index (κ2) is 11.6. The Morgan fingerprint density at radius 2 is 1.61 bits per heavy atom. The van der Waals surface area contributed by atoms with Crippen LogP contribution in [0.5, 0.6) is 5.75 Å². The van der Waals surface area contributed by atoms with Crippen LogP contribution in [0.3, 0.4) is 0 Å². The molecular formula is C26H30N2O4S. The first-order valence-corrected chi connectivity index (χ1v) is 12.5. The van der Waals surface area contributed by atoms with Gasteiger partial charge in [-0.15, -0.1) is 0 Å². The Morgan fingerprint density at radius 3 is 2.24 bits per heavy atom. The number of sulfonamides is 1. The van der Waals surface area contributed by atoms with E-state index >= 15 is 0 Å². The lowest BCUT2D eigenvalue weighted by atomic mass is 10.1. The fourth-order valence-electron chi connectivity index (χ4n) is 3.31. The maximum Gasteiger partial charge on any atom is 0.262 e. The van der Waals surface area contributed by atoms with E-state index in [1.54, 1.807) is 6.92 Å². The summed E-state index contributed by atoms with van der Waals surface area (Å²) in [5, 5.41) is 2.80. The molecule has 2 N–H and O–H groups in total. The second-order valence-electron chi connectivity index (χ2n) is 7.86. The lowest BCUT2D eigenvalue weighted by Gasteiger charge is -2.15. The number of anilines is 1. The van der Waals surface area contributed by atoms with Crippen LogP contribution in [0, 0.1) is 0 Å². The number of unbranched alkanes of at least 4 members (excludes halogenated alkanes) is 1. The van der Waals surface area contributed by atoms with Crippen molar-refractivity contribution >= 4 is 21.6 Å². The summed E-state index contributed by atoms with van der Waals surface area (Å²) in [5.41, 5.74) is 2.83. The number of hydrogen-bond acceptors (Lipinski definition) is 4. The molecule has 3 aromatic carbocycles. The van der Waals surface area contributed by atoms with E-state index in [2.05, 4.69) is 17.0 Å². The molecule has 174 valence electrons. The molecule has 0 radical (unpaired) electrons. The molecule has 0 heterocycles. The Kier molecular flexibility index (Phi) is 8.63. The summed E-state index contributed by atoms with van der Waals surface area (Å²) in [6, 6.07) is 22.8. The van der Waals surface area contributed by atoms with Crippen molar-refractivity contribution in [2.45, 2.75) is 44.0 Å². The van der Waals surface area contributed by atoms with Gasteiger partial charge in [-0.05, 0) is 67.3 Å². The highest BCUT2D eigenvalue weighted by Gasteiger charge is 2.18. The number of amides is 1. The van der Waals surface area contributed by atoms with Gasteiger partial charge in [0.05, 0.1) is 4.90 Å². The number of carbonyl (C=O) groups excluding carboxylic acids is 1. The molecule has 0 saturated carbocycles. The van der Waals surface area contributed by atoms with Crippen molar-refractivity contribution in [2.75, 3.05) is 11.9 Å².